The standard InChI is InChI=1S/C17H26N2O3S/c1-3-4-12-18(2)23(21,22)16-10-8-15(9-11-16)17(20)19-13-6-5-7-14-19/h8-11H,3-7,12-14H2,1-2H3. The molecule has 1 heterocycles. The third kappa shape index (κ3) is 4.32. The second-order valence-corrected chi connectivity index (χ2v) is 8.10. The Labute approximate surface area is 139 Å². The Morgan fingerprint density at radius 1 is 1.13 bits per heavy atom. The van der Waals surface area contributed by atoms with E-state index in [1.807, 2.05) is 11.8 Å². The van der Waals surface area contributed by atoms with Crippen molar-refractivity contribution in [3.8, 4) is 0 Å². The van der Waals surface area contributed by atoms with Gasteiger partial charge in [-0.15, -0.1) is 0 Å². The van der Waals surface area contributed by atoms with Gasteiger partial charge < -0.3 is 4.90 Å². The highest BCUT2D eigenvalue weighted by Gasteiger charge is 2.22. The number of carbonyl (C=O) groups is 1. The second kappa shape index (κ2) is 7.93. The first-order chi connectivity index (χ1) is 11.0. The Morgan fingerprint density at radius 3 is 2.30 bits per heavy atom. The molecule has 1 fully saturated rings. The van der Waals surface area contributed by atoms with Crippen LogP contribution in [-0.4, -0.2) is 50.2 Å². The summed E-state index contributed by atoms with van der Waals surface area (Å²) in [6, 6.07) is 6.32. The van der Waals surface area contributed by atoms with E-state index in [0.29, 0.717) is 12.1 Å². The molecule has 5 nitrogen and oxygen atoms in total. The monoisotopic (exact) mass is 338 g/mol. The first-order valence-corrected chi connectivity index (χ1v) is 9.76. The Morgan fingerprint density at radius 2 is 1.74 bits per heavy atom. The van der Waals surface area contributed by atoms with Crippen LogP contribution in [0.1, 0.15) is 49.4 Å². The fraction of sp³-hybridized carbons (Fsp3) is 0.588. The molecule has 1 aromatic carbocycles. The highest BCUT2D eigenvalue weighted by atomic mass is 32.2. The lowest BCUT2D eigenvalue weighted by Gasteiger charge is -2.26. The molecule has 0 bridgehead atoms. The van der Waals surface area contributed by atoms with Crippen molar-refractivity contribution < 1.29 is 13.2 Å². The summed E-state index contributed by atoms with van der Waals surface area (Å²) in [6.45, 7) is 4.12. The van der Waals surface area contributed by atoms with Crippen LogP contribution in [0.15, 0.2) is 29.2 Å². The normalized spacial score (nSPS) is 15.9. The zero-order chi connectivity index (χ0) is 16.9. The number of benzene rings is 1. The summed E-state index contributed by atoms with van der Waals surface area (Å²) in [5, 5.41) is 0. The van der Waals surface area contributed by atoms with Gasteiger partial charge in [-0.05, 0) is 49.9 Å². The molecule has 0 N–H and O–H groups in total. The molecule has 0 saturated carbocycles. The number of unbranched alkanes of at least 4 members (excludes halogenated alkanes) is 1. The number of hydrogen-bond acceptors (Lipinski definition) is 3. The van der Waals surface area contributed by atoms with Crippen LogP contribution in [0.2, 0.25) is 0 Å². The molecule has 23 heavy (non-hydrogen) atoms. The molecule has 128 valence electrons. The highest BCUT2D eigenvalue weighted by molar-refractivity contribution is 7.89. The fourth-order valence-electron chi connectivity index (χ4n) is 2.73. The average molecular weight is 338 g/mol. The van der Waals surface area contributed by atoms with Gasteiger partial charge in [0, 0.05) is 32.2 Å². The molecule has 1 aliphatic rings. The number of amides is 1. The Bertz CT molecular complexity index is 620. The topological polar surface area (TPSA) is 57.7 Å². The molecule has 6 heteroatoms. The van der Waals surface area contributed by atoms with Crippen LogP contribution in [0, 0.1) is 0 Å². The van der Waals surface area contributed by atoms with Crippen molar-refractivity contribution in [2.75, 3.05) is 26.7 Å². The first kappa shape index (κ1) is 17.9. The quantitative estimate of drug-likeness (QED) is 0.801. The number of piperidine rings is 1. The third-order valence-electron chi connectivity index (χ3n) is 4.28. The summed E-state index contributed by atoms with van der Waals surface area (Å²) >= 11 is 0. The van der Waals surface area contributed by atoms with Gasteiger partial charge in [0.2, 0.25) is 10.0 Å². The summed E-state index contributed by atoms with van der Waals surface area (Å²) in [6.07, 6.45) is 5.04. The van der Waals surface area contributed by atoms with Gasteiger partial charge in [-0.1, -0.05) is 13.3 Å². The average Bonchev–Trinajstić information content (AvgIpc) is 2.59. The molecule has 2 rings (SSSR count). The zero-order valence-corrected chi connectivity index (χ0v) is 14.8. The van der Waals surface area contributed by atoms with Crippen molar-refractivity contribution >= 4 is 15.9 Å². The predicted molar refractivity (Wildman–Crippen MR) is 90.9 cm³/mol. The Balaban J connectivity index is 2.10. The van der Waals surface area contributed by atoms with E-state index in [1.54, 1.807) is 19.2 Å². The molecule has 1 aromatic rings. The molecule has 0 radical (unpaired) electrons. The van der Waals surface area contributed by atoms with Crippen LogP contribution in [0.25, 0.3) is 0 Å². The Kier molecular flexibility index (Phi) is 6.18. The molecule has 0 aliphatic carbocycles. The van der Waals surface area contributed by atoms with E-state index in [4.69, 9.17) is 0 Å². The number of hydrogen-bond donors (Lipinski definition) is 0. The molecular weight excluding hydrogens is 312 g/mol. The lowest BCUT2D eigenvalue weighted by atomic mass is 10.1. The SMILES string of the molecule is CCCCN(C)S(=O)(=O)c1ccc(C(=O)N2CCCCC2)cc1. The van der Waals surface area contributed by atoms with Crippen molar-refractivity contribution in [2.45, 2.75) is 43.9 Å². The molecular formula is C17H26N2O3S. The smallest absolute Gasteiger partial charge is 0.253 e. The van der Waals surface area contributed by atoms with Crippen LogP contribution in [0.3, 0.4) is 0 Å². The highest BCUT2D eigenvalue weighted by Crippen LogP contribution is 2.18. The van der Waals surface area contributed by atoms with E-state index >= 15 is 0 Å². The summed E-state index contributed by atoms with van der Waals surface area (Å²) in [7, 11) is -1.88. The summed E-state index contributed by atoms with van der Waals surface area (Å²) in [5.41, 5.74) is 0.557. The van der Waals surface area contributed by atoms with Crippen LogP contribution in [0.5, 0.6) is 0 Å². The number of rotatable bonds is 6. The van der Waals surface area contributed by atoms with E-state index in [9.17, 15) is 13.2 Å². The molecule has 0 unspecified atom stereocenters. The van der Waals surface area contributed by atoms with E-state index in [-0.39, 0.29) is 10.8 Å². The van der Waals surface area contributed by atoms with Gasteiger partial charge >= 0.3 is 0 Å². The lowest BCUT2D eigenvalue weighted by Crippen LogP contribution is -2.35. The first-order valence-electron chi connectivity index (χ1n) is 8.32. The summed E-state index contributed by atoms with van der Waals surface area (Å²) in [5.74, 6) is -0.00649. The van der Waals surface area contributed by atoms with Crippen LogP contribution < -0.4 is 0 Å². The number of nitrogens with zero attached hydrogens (tertiary/aromatic N) is 2. The van der Waals surface area contributed by atoms with Crippen LogP contribution in [-0.2, 0) is 10.0 Å². The van der Waals surface area contributed by atoms with Gasteiger partial charge in [0.15, 0.2) is 0 Å². The third-order valence-corrected chi connectivity index (χ3v) is 6.15. The molecule has 0 atom stereocenters. The molecule has 0 aromatic heterocycles. The van der Waals surface area contributed by atoms with E-state index < -0.39 is 10.0 Å². The molecule has 1 saturated heterocycles. The maximum Gasteiger partial charge on any atom is 0.253 e. The Hall–Kier alpha value is -1.40. The van der Waals surface area contributed by atoms with Gasteiger partial charge in [0.25, 0.3) is 5.91 Å². The maximum atomic E-state index is 12.5. The predicted octanol–water partition coefficient (Wildman–Crippen LogP) is 2.73. The minimum atomic E-state index is -3.47. The van der Waals surface area contributed by atoms with Gasteiger partial charge in [-0.2, -0.15) is 0 Å². The van der Waals surface area contributed by atoms with E-state index in [1.165, 1.54) is 22.9 Å². The summed E-state index contributed by atoms with van der Waals surface area (Å²) in [4.78, 5) is 14.5. The van der Waals surface area contributed by atoms with E-state index in [0.717, 1.165) is 38.8 Å². The minimum Gasteiger partial charge on any atom is -0.339 e. The molecule has 0 spiro atoms. The van der Waals surface area contributed by atoms with Gasteiger partial charge in [0.1, 0.15) is 0 Å². The van der Waals surface area contributed by atoms with Crippen LogP contribution >= 0.6 is 0 Å². The van der Waals surface area contributed by atoms with Crippen molar-refractivity contribution in [2.24, 2.45) is 0 Å². The lowest BCUT2D eigenvalue weighted by molar-refractivity contribution is 0.0724. The molecule has 1 aliphatic heterocycles. The maximum absolute atomic E-state index is 12.5. The fourth-order valence-corrected chi connectivity index (χ4v) is 3.94. The van der Waals surface area contributed by atoms with Crippen LogP contribution in [0.4, 0.5) is 0 Å². The summed E-state index contributed by atoms with van der Waals surface area (Å²) < 4.78 is 26.3. The van der Waals surface area contributed by atoms with Crippen molar-refractivity contribution in [3.63, 3.8) is 0 Å². The number of likely N-dealkylation sites (tertiary alicyclic amines) is 1. The van der Waals surface area contributed by atoms with Crippen molar-refractivity contribution in [1.82, 2.24) is 9.21 Å². The van der Waals surface area contributed by atoms with Crippen molar-refractivity contribution in [3.05, 3.63) is 29.8 Å². The van der Waals surface area contributed by atoms with Crippen molar-refractivity contribution in [1.29, 1.82) is 0 Å². The van der Waals surface area contributed by atoms with Gasteiger partial charge in [0.05, 0.1) is 4.90 Å². The second-order valence-electron chi connectivity index (χ2n) is 6.06. The van der Waals surface area contributed by atoms with Gasteiger partial charge in [-0.3, -0.25) is 4.79 Å². The minimum absolute atomic E-state index is 0.00649. The largest absolute Gasteiger partial charge is 0.339 e. The van der Waals surface area contributed by atoms with E-state index in [2.05, 4.69) is 0 Å². The number of sulfonamides is 1. The molecule has 1 amide bonds. The number of carbonyl (C=O) groups excluding carboxylic acids is 1. The van der Waals surface area contributed by atoms with Gasteiger partial charge in [-0.25, -0.2) is 12.7 Å². The zero-order valence-electron chi connectivity index (χ0n) is 14.0.